The largest absolute Gasteiger partial charge is 0.499 e. The second-order valence-electron chi connectivity index (χ2n) is 4.91. The number of H-pyrrole nitrogens is 1. The van der Waals surface area contributed by atoms with E-state index in [0.29, 0.717) is 5.69 Å². The molecule has 6 nitrogen and oxygen atoms in total. The number of aromatic hydroxyl groups is 1. The lowest BCUT2D eigenvalue weighted by atomic mass is 10.2. The number of rotatable bonds is 3. The van der Waals surface area contributed by atoms with E-state index in [4.69, 9.17) is 4.74 Å². The molecule has 0 aliphatic rings. The second-order valence-corrected chi connectivity index (χ2v) is 4.91. The molecule has 26 heavy (non-hydrogen) atoms. The average Bonchev–Trinajstić information content (AvgIpc) is 2.59. The van der Waals surface area contributed by atoms with Crippen LogP contribution in [0.1, 0.15) is 13.0 Å². The molecule has 0 radical (unpaired) electrons. The van der Waals surface area contributed by atoms with Crippen LogP contribution in [0.15, 0.2) is 53.5 Å². The summed E-state index contributed by atoms with van der Waals surface area (Å²) in [6.07, 6.45) is -3.09. The van der Waals surface area contributed by atoms with Crippen molar-refractivity contribution in [2.45, 2.75) is 13.6 Å². The van der Waals surface area contributed by atoms with E-state index >= 15 is 0 Å². The maximum absolute atomic E-state index is 12.8. The Morgan fingerprint density at radius 1 is 1.12 bits per heavy atom. The van der Waals surface area contributed by atoms with Gasteiger partial charge in [0.25, 0.3) is 11.4 Å². The quantitative estimate of drug-likeness (QED) is 0.733. The predicted octanol–water partition coefficient (Wildman–Crippen LogP) is 3.98. The van der Waals surface area contributed by atoms with Crippen molar-refractivity contribution in [1.82, 2.24) is 15.0 Å². The lowest BCUT2D eigenvalue weighted by Crippen LogP contribution is -2.10. The fraction of sp³-hybridized carbons (Fsp3) is 0.118. The van der Waals surface area contributed by atoms with Crippen molar-refractivity contribution in [3.05, 3.63) is 64.6 Å². The molecule has 0 unspecified atom stereocenters. The molecule has 9 heteroatoms. The van der Waals surface area contributed by atoms with Crippen LogP contribution in [-0.4, -0.2) is 20.1 Å². The molecule has 0 aliphatic carbocycles. The number of aromatic nitrogens is 3. The Morgan fingerprint density at radius 2 is 1.88 bits per heavy atom. The fourth-order valence-corrected chi connectivity index (χ4v) is 1.99. The van der Waals surface area contributed by atoms with Crippen LogP contribution in [-0.2, 0) is 6.18 Å². The Kier molecular flexibility index (Phi) is 5.30. The number of alkyl halides is 3. The van der Waals surface area contributed by atoms with Gasteiger partial charge in [-0.25, -0.2) is 0 Å². The summed E-state index contributed by atoms with van der Waals surface area (Å²) in [7, 11) is 0. The van der Waals surface area contributed by atoms with Gasteiger partial charge in [0.05, 0.1) is 5.56 Å². The summed E-state index contributed by atoms with van der Waals surface area (Å²) in [4.78, 5) is 22.0. The van der Waals surface area contributed by atoms with Gasteiger partial charge in [0.2, 0.25) is 5.75 Å². The molecule has 3 aromatic rings. The standard InChI is InChI=1S/C16H10F3N3O3.CH4/c17-16(18,19)9-4-3-5-10(8-9)25-15-12(23)14(24)21-13(22-15)11-6-1-2-7-20-11;/h1-8,23H,(H,21,22,24);1H4. The first-order valence-corrected chi connectivity index (χ1v) is 6.94. The number of benzene rings is 1. The van der Waals surface area contributed by atoms with Gasteiger partial charge in [0.15, 0.2) is 5.82 Å². The molecule has 0 fully saturated rings. The zero-order valence-electron chi connectivity index (χ0n) is 12.4. The van der Waals surface area contributed by atoms with Crippen LogP contribution < -0.4 is 10.3 Å². The summed E-state index contributed by atoms with van der Waals surface area (Å²) in [6.45, 7) is 0. The molecular weight excluding hydrogens is 351 g/mol. The van der Waals surface area contributed by atoms with Crippen molar-refractivity contribution < 1.29 is 23.0 Å². The number of hydrogen-bond acceptors (Lipinski definition) is 5. The van der Waals surface area contributed by atoms with Crippen molar-refractivity contribution in [3.8, 4) is 28.9 Å². The van der Waals surface area contributed by atoms with Crippen LogP contribution >= 0.6 is 0 Å². The summed E-state index contributed by atoms with van der Waals surface area (Å²) >= 11 is 0. The van der Waals surface area contributed by atoms with Crippen molar-refractivity contribution in [2.75, 3.05) is 0 Å². The Morgan fingerprint density at radius 3 is 2.54 bits per heavy atom. The molecule has 0 atom stereocenters. The third-order valence-corrected chi connectivity index (χ3v) is 3.15. The number of nitrogens with one attached hydrogen (secondary N) is 1. The van der Waals surface area contributed by atoms with E-state index in [1.165, 1.54) is 12.3 Å². The Balaban J connectivity index is 0.00000243. The highest BCUT2D eigenvalue weighted by Gasteiger charge is 2.30. The maximum atomic E-state index is 12.8. The van der Waals surface area contributed by atoms with E-state index in [1.54, 1.807) is 18.2 Å². The van der Waals surface area contributed by atoms with Crippen LogP contribution in [0.3, 0.4) is 0 Å². The molecule has 0 amide bonds. The molecule has 2 aromatic heterocycles. The third-order valence-electron chi connectivity index (χ3n) is 3.15. The van der Waals surface area contributed by atoms with Gasteiger partial charge in [-0.05, 0) is 30.3 Å². The van der Waals surface area contributed by atoms with Crippen LogP contribution in [0.5, 0.6) is 17.4 Å². The highest BCUT2D eigenvalue weighted by molar-refractivity contribution is 5.51. The zero-order chi connectivity index (χ0) is 18.0. The molecule has 2 N–H and O–H groups in total. The molecular formula is C17H14F3N3O3. The van der Waals surface area contributed by atoms with Crippen LogP contribution in [0, 0.1) is 0 Å². The average molecular weight is 365 g/mol. The van der Waals surface area contributed by atoms with Gasteiger partial charge in [0, 0.05) is 6.20 Å². The van der Waals surface area contributed by atoms with E-state index in [-0.39, 0.29) is 19.0 Å². The van der Waals surface area contributed by atoms with Crippen LogP contribution in [0.25, 0.3) is 11.5 Å². The summed E-state index contributed by atoms with van der Waals surface area (Å²) < 4.78 is 43.4. The Hall–Kier alpha value is -3.36. The lowest BCUT2D eigenvalue weighted by Gasteiger charge is -2.10. The number of pyridine rings is 1. The van der Waals surface area contributed by atoms with Crippen molar-refractivity contribution >= 4 is 0 Å². The molecule has 0 saturated heterocycles. The highest BCUT2D eigenvalue weighted by Crippen LogP contribution is 2.33. The highest BCUT2D eigenvalue weighted by atomic mass is 19.4. The van der Waals surface area contributed by atoms with Gasteiger partial charge in [-0.1, -0.05) is 19.6 Å². The van der Waals surface area contributed by atoms with Crippen molar-refractivity contribution in [1.29, 1.82) is 0 Å². The van der Waals surface area contributed by atoms with E-state index in [0.717, 1.165) is 18.2 Å². The summed E-state index contributed by atoms with van der Waals surface area (Å²) in [5.41, 5.74) is -1.54. The molecule has 0 spiro atoms. The number of nitrogens with zero attached hydrogens (tertiary/aromatic N) is 2. The van der Waals surface area contributed by atoms with E-state index < -0.39 is 28.9 Å². The monoisotopic (exact) mass is 365 g/mol. The number of hydrogen-bond donors (Lipinski definition) is 2. The van der Waals surface area contributed by atoms with Gasteiger partial charge < -0.3 is 14.8 Å². The van der Waals surface area contributed by atoms with Gasteiger partial charge in [-0.3, -0.25) is 9.78 Å². The van der Waals surface area contributed by atoms with Gasteiger partial charge in [-0.15, -0.1) is 0 Å². The fourth-order valence-electron chi connectivity index (χ4n) is 1.99. The SMILES string of the molecule is C.O=c1[nH]c(-c2ccccn2)nc(Oc2cccc(C(F)(F)F)c2)c1O. The first kappa shape index (κ1) is 19.0. The first-order chi connectivity index (χ1) is 11.8. The molecule has 0 saturated carbocycles. The minimum atomic E-state index is -4.55. The lowest BCUT2D eigenvalue weighted by molar-refractivity contribution is -0.137. The van der Waals surface area contributed by atoms with E-state index in [9.17, 15) is 23.1 Å². The predicted molar refractivity (Wildman–Crippen MR) is 88.0 cm³/mol. The zero-order valence-corrected chi connectivity index (χ0v) is 12.4. The topological polar surface area (TPSA) is 88.1 Å². The van der Waals surface area contributed by atoms with Crippen molar-refractivity contribution in [3.63, 3.8) is 0 Å². The van der Waals surface area contributed by atoms with E-state index in [1.807, 2.05) is 0 Å². The smallest absolute Gasteiger partial charge is 0.416 e. The Bertz CT molecular complexity index is 957. The minimum absolute atomic E-state index is 0. The van der Waals surface area contributed by atoms with Gasteiger partial charge >= 0.3 is 6.18 Å². The summed E-state index contributed by atoms with van der Waals surface area (Å²) in [6, 6.07) is 8.87. The molecule has 0 bridgehead atoms. The number of ether oxygens (including phenoxy) is 1. The Labute approximate surface area is 146 Å². The maximum Gasteiger partial charge on any atom is 0.416 e. The van der Waals surface area contributed by atoms with Crippen LogP contribution in [0.2, 0.25) is 0 Å². The van der Waals surface area contributed by atoms with E-state index in [2.05, 4.69) is 15.0 Å². The molecule has 1 aromatic carbocycles. The third kappa shape index (κ3) is 4.00. The molecule has 3 rings (SSSR count). The summed E-state index contributed by atoms with van der Waals surface area (Å²) in [5, 5.41) is 9.79. The number of halogens is 3. The second kappa shape index (κ2) is 7.26. The normalized spacial score (nSPS) is 10.9. The van der Waals surface area contributed by atoms with Crippen LogP contribution in [0.4, 0.5) is 13.2 Å². The first-order valence-electron chi connectivity index (χ1n) is 6.94. The number of aromatic amines is 1. The molecule has 136 valence electrons. The molecule has 0 aliphatic heterocycles. The summed E-state index contributed by atoms with van der Waals surface area (Å²) in [5.74, 6) is -1.60. The minimum Gasteiger partial charge on any atom is -0.499 e. The molecule has 2 heterocycles. The van der Waals surface area contributed by atoms with Crippen molar-refractivity contribution in [2.24, 2.45) is 0 Å². The van der Waals surface area contributed by atoms with Gasteiger partial charge in [0.1, 0.15) is 11.4 Å². The van der Waals surface area contributed by atoms with Gasteiger partial charge in [-0.2, -0.15) is 18.2 Å².